The molecule has 0 saturated carbocycles. The van der Waals surface area contributed by atoms with Gasteiger partial charge in [0.2, 0.25) is 0 Å². The van der Waals surface area contributed by atoms with Crippen LogP contribution in [0.25, 0.3) is 0 Å². The van der Waals surface area contributed by atoms with Crippen LogP contribution in [0.5, 0.6) is 11.5 Å². The second kappa shape index (κ2) is 6.61. The zero-order valence-corrected chi connectivity index (χ0v) is 12.0. The Balaban J connectivity index is 2.03. The number of aliphatic carboxylic acids is 1. The first-order chi connectivity index (χ1) is 9.58. The molecule has 2 rings (SSSR count). The molecular weight excluding hydrogens is 258 g/mol. The van der Waals surface area contributed by atoms with Gasteiger partial charge in [0.25, 0.3) is 0 Å². The summed E-state index contributed by atoms with van der Waals surface area (Å²) in [5, 5.41) is 8.71. The van der Waals surface area contributed by atoms with Crippen molar-refractivity contribution < 1.29 is 19.4 Å². The maximum atomic E-state index is 10.6. The highest BCUT2D eigenvalue weighted by atomic mass is 16.5. The van der Waals surface area contributed by atoms with Gasteiger partial charge < -0.3 is 19.5 Å². The summed E-state index contributed by atoms with van der Waals surface area (Å²) >= 11 is 0. The third-order valence-electron chi connectivity index (χ3n) is 3.50. The molecule has 20 heavy (non-hydrogen) atoms. The summed E-state index contributed by atoms with van der Waals surface area (Å²) in [6, 6.07) is 5.63. The minimum atomic E-state index is -0.793. The smallest absolute Gasteiger partial charge is 0.303 e. The quantitative estimate of drug-likeness (QED) is 0.860. The highest BCUT2D eigenvalue weighted by Crippen LogP contribution is 2.30. The molecule has 0 bridgehead atoms. The predicted octanol–water partition coefficient (Wildman–Crippen LogP) is 1.80. The zero-order valence-electron chi connectivity index (χ0n) is 12.0. The molecule has 1 aliphatic rings. The maximum absolute atomic E-state index is 10.6. The Labute approximate surface area is 119 Å². The fraction of sp³-hybridized carbons (Fsp3) is 0.533. The fourth-order valence-electron chi connectivity index (χ4n) is 2.39. The Morgan fingerprint density at radius 1 is 1.45 bits per heavy atom. The zero-order chi connectivity index (χ0) is 14.5. The van der Waals surface area contributed by atoms with Crippen LogP contribution in [0.2, 0.25) is 0 Å². The summed E-state index contributed by atoms with van der Waals surface area (Å²) in [7, 11) is 3.68. The molecule has 1 aromatic carbocycles. The standard InChI is InChI=1S/C15H21NO4/c1-16-8-7-12(10-16)20-13-5-3-11(4-6-15(17)18)9-14(13)19-2/h3,5,9,12H,4,6-8,10H2,1-2H3,(H,17,18). The average Bonchev–Trinajstić information content (AvgIpc) is 2.83. The third kappa shape index (κ3) is 3.87. The fourth-order valence-corrected chi connectivity index (χ4v) is 2.39. The van der Waals surface area contributed by atoms with Crippen LogP contribution in [0, 0.1) is 0 Å². The largest absolute Gasteiger partial charge is 0.493 e. The number of benzene rings is 1. The van der Waals surface area contributed by atoms with Crippen molar-refractivity contribution in [2.24, 2.45) is 0 Å². The molecular formula is C15H21NO4. The molecule has 1 heterocycles. The number of carbonyl (C=O) groups is 1. The molecule has 1 aliphatic heterocycles. The van der Waals surface area contributed by atoms with Gasteiger partial charge in [-0.3, -0.25) is 4.79 Å². The van der Waals surface area contributed by atoms with Crippen molar-refractivity contribution in [2.75, 3.05) is 27.2 Å². The summed E-state index contributed by atoms with van der Waals surface area (Å²) in [6.07, 6.45) is 1.83. The van der Waals surface area contributed by atoms with Crippen molar-refractivity contribution >= 4 is 5.97 Å². The Morgan fingerprint density at radius 2 is 2.25 bits per heavy atom. The molecule has 1 fully saturated rings. The molecule has 0 radical (unpaired) electrons. The molecule has 1 atom stereocenters. The lowest BCUT2D eigenvalue weighted by atomic mass is 10.1. The van der Waals surface area contributed by atoms with Crippen LogP contribution in [0.1, 0.15) is 18.4 Å². The van der Waals surface area contributed by atoms with Gasteiger partial charge in [-0.25, -0.2) is 0 Å². The summed E-state index contributed by atoms with van der Waals surface area (Å²) < 4.78 is 11.3. The van der Waals surface area contributed by atoms with E-state index in [-0.39, 0.29) is 12.5 Å². The summed E-state index contributed by atoms with van der Waals surface area (Å²) in [4.78, 5) is 12.8. The average molecular weight is 279 g/mol. The van der Waals surface area contributed by atoms with Crippen LogP contribution in [0.15, 0.2) is 18.2 Å². The Bertz CT molecular complexity index is 475. The number of hydrogen-bond acceptors (Lipinski definition) is 4. The molecule has 0 aliphatic carbocycles. The second-order valence-corrected chi connectivity index (χ2v) is 5.17. The number of hydrogen-bond donors (Lipinski definition) is 1. The van der Waals surface area contributed by atoms with E-state index >= 15 is 0 Å². The Hall–Kier alpha value is -1.75. The molecule has 1 N–H and O–H groups in total. The lowest BCUT2D eigenvalue weighted by molar-refractivity contribution is -0.136. The van der Waals surface area contributed by atoms with Crippen molar-refractivity contribution in [3.63, 3.8) is 0 Å². The molecule has 1 saturated heterocycles. The first-order valence-corrected chi connectivity index (χ1v) is 6.82. The molecule has 110 valence electrons. The number of nitrogens with zero attached hydrogens (tertiary/aromatic N) is 1. The molecule has 1 unspecified atom stereocenters. The van der Waals surface area contributed by atoms with Crippen LogP contribution in [0.3, 0.4) is 0 Å². The summed E-state index contributed by atoms with van der Waals surface area (Å²) in [5.41, 5.74) is 0.945. The normalized spacial score (nSPS) is 19.0. The Morgan fingerprint density at radius 3 is 2.85 bits per heavy atom. The van der Waals surface area contributed by atoms with Gasteiger partial charge in [0.15, 0.2) is 11.5 Å². The van der Waals surface area contributed by atoms with Gasteiger partial charge in [0.05, 0.1) is 7.11 Å². The molecule has 0 spiro atoms. The van der Waals surface area contributed by atoms with E-state index in [4.69, 9.17) is 14.6 Å². The number of carboxylic acids is 1. The van der Waals surface area contributed by atoms with E-state index in [1.165, 1.54) is 0 Å². The highest BCUT2D eigenvalue weighted by molar-refractivity contribution is 5.67. The lowest BCUT2D eigenvalue weighted by Gasteiger charge is -2.17. The van der Waals surface area contributed by atoms with E-state index in [0.717, 1.165) is 30.8 Å². The van der Waals surface area contributed by atoms with Crippen LogP contribution in [0.4, 0.5) is 0 Å². The first-order valence-electron chi connectivity index (χ1n) is 6.82. The van der Waals surface area contributed by atoms with Gasteiger partial charge in [-0.15, -0.1) is 0 Å². The van der Waals surface area contributed by atoms with Crippen LogP contribution in [-0.4, -0.2) is 49.3 Å². The first kappa shape index (κ1) is 14.7. The van der Waals surface area contributed by atoms with E-state index in [1.54, 1.807) is 7.11 Å². The minimum absolute atomic E-state index is 0.122. The van der Waals surface area contributed by atoms with Gasteiger partial charge in [0.1, 0.15) is 6.10 Å². The van der Waals surface area contributed by atoms with E-state index in [0.29, 0.717) is 12.2 Å². The number of carboxylic acid groups (broad SMARTS) is 1. The highest BCUT2D eigenvalue weighted by Gasteiger charge is 2.22. The van der Waals surface area contributed by atoms with Gasteiger partial charge in [-0.05, 0) is 37.6 Å². The predicted molar refractivity (Wildman–Crippen MR) is 75.5 cm³/mol. The number of likely N-dealkylation sites (N-methyl/N-ethyl adjacent to an activating group) is 1. The molecule has 0 aromatic heterocycles. The SMILES string of the molecule is COc1cc(CCC(=O)O)ccc1OC1CCN(C)C1. The van der Waals surface area contributed by atoms with E-state index in [2.05, 4.69) is 11.9 Å². The number of ether oxygens (including phenoxy) is 2. The van der Waals surface area contributed by atoms with Crippen molar-refractivity contribution in [2.45, 2.75) is 25.4 Å². The van der Waals surface area contributed by atoms with Crippen molar-refractivity contribution in [1.82, 2.24) is 4.90 Å². The van der Waals surface area contributed by atoms with Crippen molar-refractivity contribution in [3.8, 4) is 11.5 Å². The molecule has 5 nitrogen and oxygen atoms in total. The van der Waals surface area contributed by atoms with Crippen LogP contribution in [-0.2, 0) is 11.2 Å². The number of aryl methyl sites for hydroxylation is 1. The summed E-state index contributed by atoms with van der Waals surface area (Å²) in [6.45, 7) is 1.97. The number of methoxy groups -OCH3 is 1. The van der Waals surface area contributed by atoms with Crippen molar-refractivity contribution in [1.29, 1.82) is 0 Å². The topological polar surface area (TPSA) is 59.0 Å². The van der Waals surface area contributed by atoms with E-state index in [9.17, 15) is 4.79 Å². The summed E-state index contributed by atoms with van der Waals surface area (Å²) in [5.74, 6) is 0.604. The van der Waals surface area contributed by atoms with Crippen molar-refractivity contribution in [3.05, 3.63) is 23.8 Å². The maximum Gasteiger partial charge on any atom is 0.303 e. The van der Waals surface area contributed by atoms with Gasteiger partial charge in [-0.1, -0.05) is 6.07 Å². The minimum Gasteiger partial charge on any atom is -0.493 e. The third-order valence-corrected chi connectivity index (χ3v) is 3.50. The van der Waals surface area contributed by atoms with Gasteiger partial charge in [-0.2, -0.15) is 0 Å². The van der Waals surface area contributed by atoms with Gasteiger partial charge >= 0.3 is 5.97 Å². The van der Waals surface area contributed by atoms with Gasteiger partial charge in [0, 0.05) is 19.5 Å². The number of rotatable bonds is 6. The van der Waals surface area contributed by atoms with E-state index < -0.39 is 5.97 Å². The molecule has 1 aromatic rings. The lowest BCUT2D eigenvalue weighted by Crippen LogP contribution is -2.21. The van der Waals surface area contributed by atoms with Crippen LogP contribution < -0.4 is 9.47 Å². The molecule has 0 amide bonds. The monoisotopic (exact) mass is 279 g/mol. The van der Waals surface area contributed by atoms with E-state index in [1.807, 2.05) is 18.2 Å². The second-order valence-electron chi connectivity index (χ2n) is 5.17. The van der Waals surface area contributed by atoms with Crippen LogP contribution >= 0.6 is 0 Å². The number of likely N-dealkylation sites (tertiary alicyclic amines) is 1. The molecule has 5 heteroatoms. The Kier molecular flexibility index (Phi) is 4.84.